The van der Waals surface area contributed by atoms with Gasteiger partial charge >= 0.3 is 0 Å². The number of aliphatic imine (C=N–C) groups is 1. The zero-order valence-corrected chi connectivity index (χ0v) is 18.8. The van der Waals surface area contributed by atoms with Gasteiger partial charge in [0.25, 0.3) is 0 Å². The van der Waals surface area contributed by atoms with Gasteiger partial charge in [-0.2, -0.15) is 0 Å². The Hall–Kier alpha value is -1.35. The smallest absolute Gasteiger partial charge is 0.193 e. The maximum absolute atomic E-state index is 5.75. The number of imidazole rings is 1. The number of benzene rings is 1. The Morgan fingerprint density at radius 2 is 2.04 bits per heavy atom. The first kappa shape index (κ1) is 21.9. The van der Waals surface area contributed by atoms with Crippen LogP contribution >= 0.6 is 24.0 Å². The minimum atomic E-state index is 0. The van der Waals surface area contributed by atoms with Crippen LogP contribution in [-0.2, 0) is 11.3 Å². The van der Waals surface area contributed by atoms with E-state index in [-0.39, 0.29) is 24.0 Å². The van der Waals surface area contributed by atoms with Gasteiger partial charge in [-0.25, -0.2) is 4.98 Å². The summed E-state index contributed by atoms with van der Waals surface area (Å²) in [6.07, 6.45) is 5.51. The third-order valence-electron chi connectivity index (χ3n) is 4.82. The van der Waals surface area contributed by atoms with Gasteiger partial charge < -0.3 is 19.5 Å². The molecule has 1 aromatic heterocycles. The Kier molecular flexibility index (Phi) is 9.33. The lowest BCUT2D eigenvalue weighted by Crippen LogP contribution is -2.47. The van der Waals surface area contributed by atoms with E-state index >= 15 is 0 Å². The largest absolute Gasteiger partial charge is 0.378 e. The van der Waals surface area contributed by atoms with Crippen LogP contribution in [0.1, 0.15) is 33.1 Å². The van der Waals surface area contributed by atoms with E-state index in [9.17, 15) is 0 Å². The van der Waals surface area contributed by atoms with Gasteiger partial charge in [-0.15, -0.1) is 24.0 Å². The molecule has 2 aromatic rings. The number of aromatic nitrogens is 2. The van der Waals surface area contributed by atoms with Crippen LogP contribution in [0.4, 0.5) is 0 Å². The fourth-order valence-corrected chi connectivity index (χ4v) is 3.51. The molecular formula is C20H32IN5O. The number of hydrogen-bond acceptors (Lipinski definition) is 3. The lowest BCUT2D eigenvalue weighted by molar-refractivity contribution is 0.0264. The lowest BCUT2D eigenvalue weighted by atomic mass is 10.1. The molecule has 0 bridgehead atoms. The van der Waals surface area contributed by atoms with Gasteiger partial charge in [-0.3, -0.25) is 4.99 Å². The second-order valence-electron chi connectivity index (χ2n) is 6.66. The number of fused-ring (bicyclic) bond motifs is 1. The number of para-hydroxylation sites is 2. The van der Waals surface area contributed by atoms with E-state index in [4.69, 9.17) is 9.73 Å². The Morgan fingerprint density at radius 3 is 2.78 bits per heavy atom. The van der Waals surface area contributed by atoms with Crippen LogP contribution in [0.2, 0.25) is 0 Å². The van der Waals surface area contributed by atoms with Crippen molar-refractivity contribution >= 4 is 41.0 Å². The average Bonchev–Trinajstić information content (AvgIpc) is 3.08. The molecule has 0 spiro atoms. The highest BCUT2D eigenvalue weighted by Crippen LogP contribution is 2.14. The Morgan fingerprint density at radius 1 is 1.26 bits per heavy atom. The molecule has 27 heavy (non-hydrogen) atoms. The second-order valence-corrected chi connectivity index (χ2v) is 6.66. The highest BCUT2D eigenvalue weighted by atomic mass is 127. The molecule has 2 heterocycles. The first-order chi connectivity index (χ1) is 12.8. The predicted molar refractivity (Wildman–Crippen MR) is 122 cm³/mol. The average molecular weight is 485 g/mol. The summed E-state index contributed by atoms with van der Waals surface area (Å²) in [6.45, 7) is 9.70. The van der Waals surface area contributed by atoms with Crippen molar-refractivity contribution in [1.29, 1.82) is 0 Å². The van der Waals surface area contributed by atoms with Gasteiger partial charge in [0, 0.05) is 39.3 Å². The topological polar surface area (TPSA) is 54.7 Å². The fourth-order valence-electron chi connectivity index (χ4n) is 3.51. The van der Waals surface area contributed by atoms with E-state index in [0.717, 1.165) is 70.1 Å². The normalized spacial score (nSPS) is 15.8. The van der Waals surface area contributed by atoms with Crippen LogP contribution in [0.15, 0.2) is 35.6 Å². The van der Waals surface area contributed by atoms with Crippen molar-refractivity contribution in [2.24, 2.45) is 4.99 Å². The zero-order valence-electron chi connectivity index (χ0n) is 16.4. The molecule has 1 saturated heterocycles. The van der Waals surface area contributed by atoms with E-state index < -0.39 is 0 Å². The minimum Gasteiger partial charge on any atom is -0.378 e. The molecule has 1 aliphatic heterocycles. The summed E-state index contributed by atoms with van der Waals surface area (Å²) in [6, 6.07) is 8.27. The van der Waals surface area contributed by atoms with Crippen LogP contribution in [0.25, 0.3) is 11.0 Å². The summed E-state index contributed by atoms with van der Waals surface area (Å²) < 4.78 is 7.96. The Balaban J connectivity index is 0.00000261. The molecule has 0 radical (unpaired) electrons. The molecule has 1 aliphatic rings. The van der Waals surface area contributed by atoms with Gasteiger partial charge in [0.1, 0.15) is 0 Å². The van der Waals surface area contributed by atoms with Crippen molar-refractivity contribution in [3.8, 4) is 0 Å². The van der Waals surface area contributed by atoms with Gasteiger partial charge in [0.15, 0.2) is 5.96 Å². The van der Waals surface area contributed by atoms with E-state index in [2.05, 4.69) is 51.8 Å². The molecule has 1 aromatic carbocycles. The van der Waals surface area contributed by atoms with Crippen molar-refractivity contribution in [2.75, 3.05) is 32.8 Å². The number of aryl methyl sites for hydroxylation is 1. The van der Waals surface area contributed by atoms with Crippen LogP contribution in [0, 0.1) is 0 Å². The first-order valence-corrected chi connectivity index (χ1v) is 9.86. The fraction of sp³-hybridized carbons (Fsp3) is 0.600. The molecule has 3 rings (SSSR count). The standard InChI is InChI=1S/C20H31N5O.HI/c1-3-21-20(24-14-10-17(11-15-24)26-4-2)22-12-7-13-25-16-23-18-8-5-6-9-19(18)25;/h5-6,8-9,16-17H,3-4,7,10-15H2,1-2H3,(H,21,22);1H. The molecular weight excluding hydrogens is 453 g/mol. The SMILES string of the molecule is CCNC(=NCCCn1cnc2ccccc21)N1CCC(OCC)CC1.I. The van der Waals surface area contributed by atoms with Crippen molar-refractivity contribution in [2.45, 2.75) is 45.8 Å². The first-order valence-electron chi connectivity index (χ1n) is 9.86. The number of hydrogen-bond donors (Lipinski definition) is 1. The molecule has 1 fully saturated rings. The van der Waals surface area contributed by atoms with Gasteiger partial charge in [0.05, 0.1) is 23.5 Å². The quantitative estimate of drug-likeness (QED) is 0.282. The van der Waals surface area contributed by atoms with E-state index in [1.807, 2.05) is 12.4 Å². The molecule has 6 nitrogen and oxygen atoms in total. The number of ether oxygens (including phenoxy) is 1. The predicted octanol–water partition coefficient (Wildman–Crippen LogP) is 3.51. The Bertz CT molecular complexity index is 709. The number of nitrogens with zero attached hydrogens (tertiary/aromatic N) is 4. The Labute approximate surface area is 179 Å². The molecule has 0 aliphatic carbocycles. The van der Waals surface area contributed by atoms with Gasteiger partial charge in [-0.05, 0) is 45.2 Å². The highest BCUT2D eigenvalue weighted by Gasteiger charge is 2.21. The van der Waals surface area contributed by atoms with Crippen molar-refractivity contribution < 1.29 is 4.74 Å². The number of guanidine groups is 1. The van der Waals surface area contributed by atoms with Crippen molar-refractivity contribution in [1.82, 2.24) is 19.8 Å². The summed E-state index contributed by atoms with van der Waals surface area (Å²) >= 11 is 0. The minimum absolute atomic E-state index is 0. The van der Waals surface area contributed by atoms with E-state index in [0.29, 0.717) is 6.10 Å². The number of piperidine rings is 1. The van der Waals surface area contributed by atoms with Crippen LogP contribution < -0.4 is 5.32 Å². The maximum atomic E-state index is 5.75. The molecule has 0 unspecified atom stereocenters. The van der Waals surface area contributed by atoms with Crippen molar-refractivity contribution in [3.05, 3.63) is 30.6 Å². The summed E-state index contributed by atoms with van der Waals surface area (Å²) in [5.74, 6) is 1.04. The number of likely N-dealkylation sites (tertiary alicyclic amines) is 1. The highest BCUT2D eigenvalue weighted by molar-refractivity contribution is 14.0. The monoisotopic (exact) mass is 485 g/mol. The molecule has 1 N–H and O–H groups in total. The van der Waals surface area contributed by atoms with Crippen molar-refractivity contribution in [3.63, 3.8) is 0 Å². The second kappa shape index (κ2) is 11.5. The van der Waals surface area contributed by atoms with Crippen LogP contribution in [-0.4, -0.2) is 59.3 Å². The summed E-state index contributed by atoms with van der Waals surface area (Å²) in [5.41, 5.74) is 2.25. The summed E-state index contributed by atoms with van der Waals surface area (Å²) in [7, 11) is 0. The van der Waals surface area contributed by atoms with Crippen LogP contribution in [0.5, 0.6) is 0 Å². The molecule has 0 amide bonds. The lowest BCUT2D eigenvalue weighted by Gasteiger charge is -2.34. The maximum Gasteiger partial charge on any atom is 0.193 e. The summed E-state index contributed by atoms with van der Waals surface area (Å²) in [5, 5.41) is 3.44. The molecule has 0 saturated carbocycles. The molecule has 7 heteroatoms. The van der Waals surface area contributed by atoms with E-state index in [1.165, 1.54) is 5.52 Å². The number of halogens is 1. The van der Waals surface area contributed by atoms with Gasteiger partial charge in [-0.1, -0.05) is 12.1 Å². The third-order valence-corrected chi connectivity index (χ3v) is 4.82. The number of rotatable bonds is 7. The van der Waals surface area contributed by atoms with E-state index in [1.54, 1.807) is 0 Å². The molecule has 150 valence electrons. The molecule has 0 atom stereocenters. The zero-order chi connectivity index (χ0) is 18.2. The van der Waals surface area contributed by atoms with Crippen LogP contribution in [0.3, 0.4) is 0 Å². The third kappa shape index (κ3) is 6.07. The van der Waals surface area contributed by atoms with Gasteiger partial charge in [0.2, 0.25) is 0 Å². The number of nitrogens with one attached hydrogen (secondary N) is 1. The summed E-state index contributed by atoms with van der Waals surface area (Å²) in [4.78, 5) is 11.7.